The molecule has 5 nitrogen and oxygen atoms in total. The van der Waals surface area contributed by atoms with Gasteiger partial charge in [0.05, 0.1) is 37.3 Å². The minimum absolute atomic E-state index is 0.0130. The molecule has 0 heterocycles. The Morgan fingerprint density at radius 2 is 1.59 bits per heavy atom. The molecule has 0 fully saturated rings. The maximum atomic E-state index is 14.3. The van der Waals surface area contributed by atoms with Crippen LogP contribution in [-0.4, -0.2) is 45.5 Å². The van der Waals surface area contributed by atoms with Crippen LogP contribution >= 0.6 is 0 Å². The first kappa shape index (κ1) is 28.3. The fourth-order valence-corrected chi connectivity index (χ4v) is 3.41. The Morgan fingerprint density at radius 1 is 1.00 bits per heavy atom. The minimum Gasteiger partial charge on any atom is -0.396 e. The van der Waals surface area contributed by atoms with Crippen LogP contribution in [0, 0.1) is 23.1 Å². The number of hydrogen-bond donors (Lipinski definition) is 3. The fourth-order valence-electron chi connectivity index (χ4n) is 3.41. The average Bonchev–Trinajstić information content (AvgIpc) is 2.88. The Balaban J connectivity index is 1.65. The van der Waals surface area contributed by atoms with E-state index in [4.69, 9.17) is 15.2 Å². The summed E-state index contributed by atoms with van der Waals surface area (Å²) in [6.07, 6.45) is -0.785. The molecule has 0 aliphatic heterocycles. The normalized spacial score (nSPS) is 12.4. The van der Waals surface area contributed by atoms with Crippen molar-refractivity contribution in [2.75, 3.05) is 24.2 Å². The van der Waals surface area contributed by atoms with Crippen LogP contribution in [0.15, 0.2) is 72.8 Å². The van der Waals surface area contributed by atoms with Gasteiger partial charge in [-0.15, -0.1) is 0 Å². The standard InChI is InChI=1S/C29H35B2FN2O3/c1-28(2,29(30,31)37-19-22-11-7-4-8-12-22)14-13-23-15-26(33)25(32)16-27(23)34-17-24(35)20-36-18-21-9-5-3-6-10-21/h3-12,15-16,24,34-35H,17-20,30-31,33H2,1-2H3/t24-/m1/s1. The highest BCUT2D eigenvalue weighted by atomic mass is 19.1. The predicted molar refractivity (Wildman–Crippen MR) is 153 cm³/mol. The monoisotopic (exact) mass is 500 g/mol. The van der Waals surface area contributed by atoms with E-state index in [9.17, 15) is 9.50 Å². The number of nitrogens with one attached hydrogen (secondary N) is 1. The lowest BCUT2D eigenvalue weighted by Gasteiger charge is -2.38. The van der Waals surface area contributed by atoms with Gasteiger partial charge in [0.15, 0.2) is 0 Å². The number of aliphatic hydroxyl groups is 1. The highest BCUT2D eigenvalue weighted by molar-refractivity contribution is 6.39. The molecule has 4 N–H and O–H groups in total. The van der Waals surface area contributed by atoms with Crippen LogP contribution in [0.5, 0.6) is 0 Å². The molecule has 0 saturated heterocycles. The van der Waals surface area contributed by atoms with E-state index in [1.807, 2.05) is 90.2 Å². The topological polar surface area (TPSA) is 76.7 Å². The van der Waals surface area contributed by atoms with Crippen LogP contribution in [0.3, 0.4) is 0 Å². The van der Waals surface area contributed by atoms with Crippen molar-refractivity contribution in [2.24, 2.45) is 5.41 Å². The van der Waals surface area contributed by atoms with Crippen molar-refractivity contribution in [1.82, 2.24) is 0 Å². The van der Waals surface area contributed by atoms with Crippen LogP contribution in [0.25, 0.3) is 0 Å². The Morgan fingerprint density at radius 3 is 2.22 bits per heavy atom. The van der Waals surface area contributed by atoms with Gasteiger partial charge >= 0.3 is 0 Å². The van der Waals surface area contributed by atoms with Crippen molar-refractivity contribution in [3.63, 3.8) is 0 Å². The summed E-state index contributed by atoms with van der Waals surface area (Å²) in [4.78, 5) is 0. The third-order valence-electron chi connectivity index (χ3n) is 6.54. The van der Waals surface area contributed by atoms with Gasteiger partial charge in [-0.05, 0) is 31.0 Å². The summed E-state index contributed by atoms with van der Waals surface area (Å²) < 4.78 is 26.1. The smallest absolute Gasteiger partial charge is 0.148 e. The molecular formula is C29H35B2FN2O3. The molecule has 0 saturated carbocycles. The van der Waals surface area contributed by atoms with Gasteiger partial charge in [-0.25, -0.2) is 4.39 Å². The first-order chi connectivity index (χ1) is 17.6. The van der Waals surface area contributed by atoms with Gasteiger partial charge in [-0.2, -0.15) is 0 Å². The van der Waals surface area contributed by atoms with Gasteiger partial charge < -0.3 is 25.6 Å². The quantitative estimate of drug-likeness (QED) is 0.215. The predicted octanol–water partition coefficient (Wildman–Crippen LogP) is 2.91. The van der Waals surface area contributed by atoms with E-state index < -0.39 is 22.7 Å². The molecule has 0 aliphatic rings. The number of hydrogen-bond acceptors (Lipinski definition) is 5. The molecule has 8 heteroatoms. The molecule has 0 amide bonds. The molecule has 0 unspecified atom stereocenters. The highest BCUT2D eigenvalue weighted by Crippen LogP contribution is 2.30. The number of aliphatic hydroxyl groups excluding tert-OH is 1. The van der Waals surface area contributed by atoms with Crippen LogP contribution in [0.2, 0.25) is 0 Å². The third-order valence-corrected chi connectivity index (χ3v) is 6.54. The van der Waals surface area contributed by atoms with Crippen molar-refractivity contribution in [3.8, 4) is 11.8 Å². The number of nitrogen functional groups attached to an aromatic ring is 1. The Bertz CT molecular complexity index is 1210. The number of benzene rings is 3. The fraction of sp³-hybridized carbons (Fsp3) is 0.310. The summed E-state index contributed by atoms with van der Waals surface area (Å²) >= 11 is 0. The number of nitrogens with two attached hydrogens (primary N) is 1. The van der Waals surface area contributed by atoms with Crippen LogP contribution in [0.1, 0.15) is 30.5 Å². The highest BCUT2D eigenvalue weighted by Gasteiger charge is 2.36. The molecule has 37 heavy (non-hydrogen) atoms. The zero-order valence-electron chi connectivity index (χ0n) is 22.1. The van der Waals surface area contributed by atoms with Gasteiger partial charge in [0, 0.05) is 29.0 Å². The number of anilines is 2. The van der Waals surface area contributed by atoms with Crippen LogP contribution in [0.4, 0.5) is 15.8 Å². The molecule has 0 bridgehead atoms. The van der Waals surface area contributed by atoms with Crippen molar-refractivity contribution >= 4 is 27.1 Å². The SMILES string of the molecule is BC(B)(OCc1ccccc1)C(C)(C)C#Cc1cc(N)c(F)cc1NC[C@@H](O)COCc1ccccc1. The van der Waals surface area contributed by atoms with Crippen molar-refractivity contribution in [3.05, 3.63) is 95.3 Å². The van der Waals surface area contributed by atoms with E-state index in [2.05, 4.69) is 17.2 Å². The van der Waals surface area contributed by atoms with Gasteiger partial charge in [0.1, 0.15) is 21.5 Å². The number of halogens is 1. The average molecular weight is 500 g/mol. The molecule has 3 aromatic carbocycles. The second kappa shape index (κ2) is 12.8. The number of ether oxygens (including phenoxy) is 2. The first-order valence-electron chi connectivity index (χ1n) is 12.4. The van der Waals surface area contributed by atoms with Gasteiger partial charge in [0.2, 0.25) is 0 Å². The summed E-state index contributed by atoms with van der Waals surface area (Å²) in [7, 11) is 4.02. The number of rotatable bonds is 11. The first-order valence-corrected chi connectivity index (χ1v) is 12.4. The lowest BCUT2D eigenvalue weighted by atomic mass is 9.51. The molecule has 0 aromatic heterocycles. The van der Waals surface area contributed by atoms with Gasteiger partial charge in [-0.3, -0.25) is 0 Å². The zero-order valence-corrected chi connectivity index (χ0v) is 22.1. The maximum Gasteiger partial charge on any atom is 0.148 e. The molecule has 0 radical (unpaired) electrons. The lowest BCUT2D eigenvalue weighted by molar-refractivity contribution is 0.0104. The second-order valence-corrected chi connectivity index (χ2v) is 10.1. The van der Waals surface area contributed by atoms with E-state index >= 15 is 0 Å². The largest absolute Gasteiger partial charge is 0.396 e. The Kier molecular flexibility index (Phi) is 9.82. The minimum atomic E-state index is -0.785. The van der Waals surface area contributed by atoms with E-state index in [0.717, 1.165) is 11.1 Å². The third kappa shape index (κ3) is 8.40. The molecule has 192 valence electrons. The molecule has 3 aromatic rings. The Labute approximate surface area is 221 Å². The van der Waals surface area contributed by atoms with Crippen molar-refractivity contribution in [1.29, 1.82) is 0 Å². The van der Waals surface area contributed by atoms with Gasteiger partial charge in [0.25, 0.3) is 0 Å². The molecular weight excluding hydrogens is 465 g/mol. The molecule has 1 atom stereocenters. The van der Waals surface area contributed by atoms with E-state index in [1.165, 1.54) is 12.1 Å². The van der Waals surface area contributed by atoms with Crippen LogP contribution in [-0.2, 0) is 22.7 Å². The maximum absolute atomic E-state index is 14.3. The summed E-state index contributed by atoms with van der Waals surface area (Å²) in [5.41, 5.74) is 8.43. The summed E-state index contributed by atoms with van der Waals surface area (Å²) in [6, 6.07) is 22.5. The second-order valence-electron chi connectivity index (χ2n) is 10.1. The molecule has 0 aliphatic carbocycles. The summed E-state index contributed by atoms with van der Waals surface area (Å²) in [5.74, 6) is 5.91. The summed E-state index contributed by atoms with van der Waals surface area (Å²) in [5, 5.41) is 12.9. The zero-order chi connectivity index (χ0) is 26.9. The lowest BCUT2D eigenvalue weighted by Crippen LogP contribution is -2.47. The molecule has 0 spiro atoms. The van der Waals surface area contributed by atoms with Crippen LogP contribution < -0.4 is 11.1 Å². The van der Waals surface area contributed by atoms with Crippen molar-refractivity contribution < 1.29 is 19.0 Å². The Hall–Kier alpha value is -3.24. The van der Waals surface area contributed by atoms with E-state index in [0.29, 0.717) is 24.5 Å². The van der Waals surface area contributed by atoms with Gasteiger partial charge in [-0.1, -0.05) is 72.5 Å². The van der Waals surface area contributed by atoms with E-state index in [1.54, 1.807) is 0 Å². The van der Waals surface area contributed by atoms with Crippen molar-refractivity contribution in [2.45, 2.75) is 38.6 Å². The molecule has 3 rings (SSSR count). The summed E-state index contributed by atoms with van der Waals surface area (Å²) in [6.45, 7) is 5.21. The van der Waals surface area contributed by atoms with E-state index in [-0.39, 0.29) is 18.8 Å².